The Morgan fingerprint density at radius 1 is 1.36 bits per heavy atom. The molecular formula is C11H22N2O. The van der Waals surface area contributed by atoms with Crippen LogP contribution >= 0.6 is 0 Å². The number of carbonyl (C=O) groups excluding carboxylic acids is 1. The quantitative estimate of drug-likeness (QED) is 0.536. The van der Waals surface area contributed by atoms with Crippen molar-refractivity contribution in [2.75, 3.05) is 6.54 Å². The Kier molecular flexibility index (Phi) is 5.46. The molecule has 2 N–H and O–H groups in total. The summed E-state index contributed by atoms with van der Waals surface area (Å²) < 4.78 is 0. The van der Waals surface area contributed by atoms with Gasteiger partial charge in [0.25, 0.3) is 5.91 Å². The fourth-order valence-electron chi connectivity index (χ4n) is 0.819. The maximum Gasteiger partial charge on any atom is 0.260 e. The van der Waals surface area contributed by atoms with E-state index in [1.165, 1.54) is 0 Å². The highest BCUT2D eigenvalue weighted by Crippen LogP contribution is 2.19. The Balaban J connectivity index is 4.04. The molecule has 0 bridgehead atoms. The van der Waals surface area contributed by atoms with E-state index in [9.17, 15) is 4.79 Å². The molecule has 0 rings (SSSR count). The third-order valence-corrected chi connectivity index (χ3v) is 1.76. The highest BCUT2D eigenvalue weighted by molar-refractivity contribution is 5.92. The third kappa shape index (κ3) is 6.66. The zero-order chi connectivity index (χ0) is 11.2. The van der Waals surface area contributed by atoms with E-state index in [0.717, 1.165) is 18.5 Å². The van der Waals surface area contributed by atoms with Crippen molar-refractivity contribution in [2.24, 2.45) is 5.41 Å². The van der Waals surface area contributed by atoms with Crippen LogP contribution in [0.4, 0.5) is 0 Å². The van der Waals surface area contributed by atoms with Crippen LogP contribution in [0.5, 0.6) is 0 Å². The van der Waals surface area contributed by atoms with Crippen molar-refractivity contribution < 1.29 is 4.79 Å². The average molecular weight is 198 g/mol. The molecule has 3 heteroatoms. The SMILES string of the molecule is CCNNC(=O)C(C)=CCC(C)(C)C. The lowest BCUT2D eigenvalue weighted by Gasteiger charge is -2.15. The van der Waals surface area contributed by atoms with Crippen LogP contribution in [0, 0.1) is 5.41 Å². The van der Waals surface area contributed by atoms with Crippen LogP contribution in [0.3, 0.4) is 0 Å². The third-order valence-electron chi connectivity index (χ3n) is 1.76. The van der Waals surface area contributed by atoms with Crippen LogP contribution in [0.2, 0.25) is 0 Å². The molecule has 0 aromatic rings. The van der Waals surface area contributed by atoms with Crippen LogP contribution in [-0.4, -0.2) is 12.5 Å². The van der Waals surface area contributed by atoms with Gasteiger partial charge in [-0.15, -0.1) is 0 Å². The van der Waals surface area contributed by atoms with Gasteiger partial charge in [-0.1, -0.05) is 33.8 Å². The minimum atomic E-state index is -0.0453. The molecule has 0 aromatic heterocycles. The van der Waals surface area contributed by atoms with E-state index in [1.807, 2.05) is 19.9 Å². The molecule has 0 saturated heterocycles. The van der Waals surface area contributed by atoms with Crippen molar-refractivity contribution in [1.82, 2.24) is 10.9 Å². The van der Waals surface area contributed by atoms with E-state index in [1.54, 1.807) is 0 Å². The van der Waals surface area contributed by atoms with Crippen LogP contribution < -0.4 is 10.9 Å². The summed E-state index contributed by atoms with van der Waals surface area (Å²) in [5.41, 5.74) is 6.40. The van der Waals surface area contributed by atoms with Gasteiger partial charge in [0.05, 0.1) is 0 Å². The van der Waals surface area contributed by atoms with Gasteiger partial charge >= 0.3 is 0 Å². The summed E-state index contributed by atoms with van der Waals surface area (Å²) in [6, 6.07) is 0. The van der Waals surface area contributed by atoms with E-state index >= 15 is 0 Å². The molecule has 3 nitrogen and oxygen atoms in total. The highest BCUT2D eigenvalue weighted by atomic mass is 16.2. The van der Waals surface area contributed by atoms with Gasteiger partial charge in [0.15, 0.2) is 0 Å². The van der Waals surface area contributed by atoms with Crippen molar-refractivity contribution in [3.63, 3.8) is 0 Å². The smallest absolute Gasteiger partial charge is 0.260 e. The molecule has 82 valence electrons. The lowest BCUT2D eigenvalue weighted by Crippen LogP contribution is -2.37. The first-order chi connectivity index (χ1) is 6.37. The van der Waals surface area contributed by atoms with E-state index in [0.29, 0.717) is 0 Å². The standard InChI is InChI=1S/C11H22N2O/c1-6-12-13-10(14)9(2)7-8-11(3,4)5/h7,12H,6,8H2,1-5H3,(H,13,14). The van der Waals surface area contributed by atoms with Crippen molar-refractivity contribution in [2.45, 2.75) is 41.0 Å². The summed E-state index contributed by atoms with van der Waals surface area (Å²) in [6.07, 6.45) is 2.89. The molecule has 1 amide bonds. The number of carbonyl (C=O) groups is 1. The van der Waals surface area contributed by atoms with Crippen molar-refractivity contribution in [3.05, 3.63) is 11.6 Å². The van der Waals surface area contributed by atoms with Gasteiger partial charge in [0.1, 0.15) is 0 Å². The summed E-state index contributed by atoms with van der Waals surface area (Å²) in [5.74, 6) is -0.0453. The van der Waals surface area contributed by atoms with Gasteiger partial charge in [-0.25, -0.2) is 5.43 Å². The number of amides is 1. The summed E-state index contributed by atoms with van der Waals surface area (Å²) in [7, 11) is 0. The van der Waals surface area contributed by atoms with Crippen molar-refractivity contribution in [3.8, 4) is 0 Å². The molecule has 0 unspecified atom stereocenters. The van der Waals surface area contributed by atoms with Gasteiger partial charge in [-0.2, -0.15) is 0 Å². The van der Waals surface area contributed by atoms with E-state index in [2.05, 4.69) is 31.6 Å². The van der Waals surface area contributed by atoms with Crippen LogP contribution in [0.15, 0.2) is 11.6 Å². The zero-order valence-corrected chi connectivity index (χ0v) is 9.90. The van der Waals surface area contributed by atoms with Gasteiger partial charge < -0.3 is 0 Å². The van der Waals surface area contributed by atoms with E-state index < -0.39 is 0 Å². The van der Waals surface area contributed by atoms with Crippen molar-refractivity contribution >= 4 is 5.91 Å². The second-order valence-corrected chi connectivity index (χ2v) is 4.64. The molecule has 0 aromatic carbocycles. The predicted octanol–water partition coefficient (Wildman–Crippen LogP) is 2.01. The Labute approximate surface area is 86.9 Å². The Morgan fingerprint density at radius 2 is 1.93 bits per heavy atom. The first-order valence-corrected chi connectivity index (χ1v) is 5.07. The number of hydrogen-bond donors (Lipinski definition) is 2. The first kappa shape index (κ1) is 13.2. The summed E-state index contributed by atoms with van der Waals surface area (Å²) >= 11 is 0. The van der Waals surface area contributed by atoms with Crippen LogP contribution in [0.25, 0.3) is 0 Å². The number of rotatable bonds is 4. The molecule has 0 radical (unpaired) electrons. The van der Waals surface area contributed by atoms with Gasteiger partial charge in [-0.05, 0) is 18.8 Å². The number of hydrazine groups is 1. The molecule has 0 aliphatic rings. The first-order valence-electron chi connectivity index (χ1n) is 5.07. The molecule has 0 atom stereocenters. The molecule has 0 fully saturated rings. The summed E-state index contributed by atoms with van der Waals surface area (Å²) in [4.78, 5) is 11.4. The van der Waals surface area contributed by atoms with E-state index in [4.69, 9.17) is 0 Å². The van der Waals surface area contributed by atoms with Gasteiger partial charge in [0.2, 0.25) is 0 Å². The maximum absolute atomic E-state index is 11.4. The van der Waals surface area contributed by atoms with Crippen molar-refractivity contribution in [1.29, 1.82) is 0 Å². The summed E-state index contributed by atoms with van der Waals surface area (Å²) in [6.45, 7) is 11.0. The fourth-order valence-corrected chi connectivity index (χ4v) is 0.819. The van der Waals surface area contributed by atoms with Gasteiger partial charge in [-0.3, -0.25) is 10.2 Å². The second-order valence-electron chi connectivity index (χ2n) is 4.64. The molecule has 14 heavy (non-hydrogen) atoms. The Hall–Kier alpha value is -0.830. The Bertz CT molecular complexity index is 214. The molecule has 0 spiro atoms. The highest BCUT2D eigenvalue weighted by Gasteiger charge is 2.09. The zero-order valence-electron chi connectivity index (χ0n) is 9.90. The fraction of sp³-hybridized carbons (Fsp3) is 0.727. The van der Waals surface area contributed by atoms with Crippen LogP contribution in [-0.2, 0) is 4.79 Å². The Morgan fingerprint density at radius 3 is 2.36 bits per heavy atom. The second kappa shape index (κ2) is 5.81. The lowest BCUT2D eigenvalue weighted by atomic mass is 9.91. The number of hydrogen-bond acceptors (Lipinski definition) is 2. The summed E-state index contributed by atoms with van der Waals surface area (Å²) in [5, 5.41) is 0. The lowest BCUT2D eigenvalue weighted by molar-refractivity contribution is -0.118. The minimum Gasteiger partial charge on any atom is -0.288 e. The normalized spacial score (nSPS) is 12.8. The maximum atomic E-state index is 11.4. The van der Waals surface area contributed by atoms with Gasteiger partial charge in [0, 0.05) is 12.1 Å². The molecule has 0 aliphatic heterocycles. The average Bonchev–Trinajstić information content (AvgIpc) is 2.09. The molecule has 0 aliphatic carbocycles. The molecule has 0 heterocycles. The molecular weight excluding hydrogens is 176 g/mol. The number of nitrogens with one attached hydrogen (secondary N) is 2. The van der Waals surface area contributed by atoms with Crippen LogP contribution in [0.1, 0.15) is 41.0 Å². The number of allylic oxidation sites excluding steroid dienone is 1. The monoisotopic (exact) mass is 198 g/mol. The largest absolute Gasteiger partial charge is 0.288 e. The van der Waals surface area contributed by atoms with E-state index in [-0.39, 0.29) is 11.3 Å². The topological polar surface area (TPSA) is 41.1 Å². The minimum absolute atomic E-state index is 0.0453. The molecule has 0 saturated carbocycles. The predicted molar refractivity (Wildman–Crippen MR) is 59.6 cm³/mol.